The summed E-state index contributed by atoms with van der Waals surface area (Å²) in [4.78, 5) is 25.3. The highest BCUT2D eigenvalue weighted by Crippen LogP contribution is 2.25. The van der Waals surface area contributed by atoms with Crippen LogP contribution in [0.1, 0.15) is 30.3 Å². The van der Waals surface area contributed by atoms with Gasteiger partial charge >= 0.3 is 5.97 Å². The molecule has 1 amide bonds. The molecule has 2 atom stereocenters. The van der Waals surface area contributed by atoms with Gasteiger partial charge in [-0.1, -0.05) is 6.92 Å². The first kappa shape index (κ1) is 14.4. The number of carboxylic acid groups (broad SMARTS) is 1. The summed E-state index contributed by atoms with van der Waals surface area (Å²) >= 11 is 0. The van der Waals surface area contributed by atoms with E-state index in [0.29, 0.717) is 30.3 Å². The number of nitrogens with zero attached hydrogens (tertiary/aromatic N) is 2. The van der Waals surface area contributed by atoms with E-state index in [9.17, 15) is 14.7 Å². The average molecular weight is 303 g/mol. The number of hydrogen-bond donors (Lipinski definition) is 2. The molecule has 0 saturated carbocycles. The number of furan rings is 1. The van der Waals surface area contributed by atoms with Crippen molar-refractivity contribution in [2.24, 2.45) is 5.92 Å². The Morgan fingerprint density at radius 3 is 3.00 bits per heavy atom. The van der Waals surface area contributed by atoms with Gasteiger partial charge in [-0.2, -0.15) is 5.10 Å². The zero-order chi connectivity index (χ0) is 15.7. The molecule has 1 aliphatic heterocycles. The van der Waals surface area contributed by atoms with Crippen LogP contribution in [0.2, 0.25) is 0 Å². The van der Waals surface area contributed by atoms with Crippen molar-refractivity contribution < 1.29 is 19.1 Å². The van der Waals surface area contributed by atoms with E-state index in [0.717, 1.165) is 6.42 Å². The highest BCUT2D eigenvalue weighted by molar-refractivity contribution is 5.95. The monoisotopic (exact) mass is 303 g/mol. The number of H-pyrrole nitrogens is 1. The lowest BCUT2D eigenvalue weighted by molar-refractivity contribution is -0.144. The van der Waals surface area contributed by atoms with Crippen LogP contribution in [-0.2, 0) is 4.79 Å². The Bertz CT molecular complexity index is 677. The number of carbonyl (C=O) groups excluding carboxylic acids is 1. The van der Waals surface area contributed by atoms with E-state index in [2.05, 4.69) is 10.2 Å². The van der Waals surface area contributed by atoms with Crippen LogP contribution in [0.5, 0.6) is 0 Å². The minimum atomic E-state index is -0.971. The van der Waals surface area contributed by atoms with Crippen LogP contribution in [0.25, 0.3) is 11.5 Å². The molecule has 0 aliphatic carbocycles. The van der Waals surface area contributed by atoms with Crippen molar-refractivity contribution in [3.05, 3.63) is 30.2 Å². The van der Waals surface area contributed by atoms with Gasteiger partial charge in [-0.15, -0.1) is 0 Å². The van der Waals surface area contributed by atoms with Crippen molar-refractivity contribution in [3.8, 4) is 11.5 Å². The van der Waals surface area contributed by atoms with Crippen molar-refractivity contribution in [2.45, 2.75) is 25.8 Å². The number of aromatic amines is 1. The van der Waals surface area contributed by atoms with Crippen LogP contribution >= 0.6 is 0 Å². The smallest absolute Gasteiger partial charge is 0.326 e. The molecular weight excluding hydrogens is 286 g/mol. The van der Waals surface area contributed by atoms with Gasteiger partial charge in [0.15, 0.2) is 11.5 Å². The molecule has 3 heterocycles. The zero-order valence-corrected chi connectivity index (χ0v) is 12.2. The number of carboxylic acids is 1. The van der Waals surface area contributed by atoms with Crippen molar-refractivity contribution in [1.82, 2.24) is 15.1 Å². The Balaban J connectivity index is 1.82. The van der Waals surface area contributed by atoms with E-state index in [4.69, 9.17) is 4.42 Å². The lowest BCUT2D eigenvalue weighted by atomic mass is 9.92. The molecule has 22 heavy (non-hydrogen) atoms. The first-order valence-corrected chi connectivity index (χ1v) is 7.19. The van der Waals surface area contributed by atoms with Gasteiger partial charge in [0.2, 0.25) is 0 Å². The van der Waals surface area contributed by atoms with E-state index >= 15 is 0 Å². The van der Waals surface area contributed by atoms with E-state index in [1.807, 2.05) is 6.92 Å². The number of aliphatic carboxylic acids is 1. The van der Waals surface area contributed by atoms with Crippen molar-refractivity contribution in [1.29, 1.82) is 0 Å². The lowest BCUT2D eigenvalue weighted by Gasteiger charge is -2.35. The quantitative estimate of drug-likeness (QED) is 0.903. The molecule has 7 heteroatoms. The third-order valence-electron chi connectivity index (χ3n) is 3.99. The molecule has 0 radical (unpaired) electrons. The fourth-order valence-electron chi connectivity index (χ4n) is 2.76. The van der Waals surface area contributed by atoms with Crippen LogP contribution in [0.4, 0.5) is 0 Å². The number of amides is 1. The molecule has 3 rings (SSSR count). The number of piperidine rings is 1. The molecule has 0 spiro atoms. The molecule has 1 fully saturated rings. The second-order valence-electron chi connectivity index (χ2n) is 5.63. The van der Waals surface area contributed by atoms with Crippen LogP contribution in [0.15, 0.2) is 28.9 Å². The van der Waals surface area contributed by atoms with Crippen molar-refractivity contribution in [2.75, 3.05) is 6.54 Å². The summed E-state index contributed by atoms with van der Waals surface area (Å²) in [6.07, 6.45) is 2.80. The fourth-order valence-corrected chi connectivity index (χ4v) is 2.76. The largest absolute Gasteiger partial charge is 0.480 e. The van der Waals surface area contributed by atoms with Gasteiger partial charge in [0.1, 0.15) is 11.7 Å². The number of rotatable bonds is 3. The third kappa shape index (κ3) is 2.61. The lowest BCUT2D eigenvalue weighted by Crippen LogP contribution is -2.49. The maximum Gasteiger partial charge on any atom is 0.326 e. The van der Waals surface area contributed by atoms with Crippen LogP contribution in [-0.4, -0.2) is 44.7 Å². The van der Waals surface area contributed by atoms with Gasteiger partial charge in [-0.3, -0.25) is 9.89 Å². The third-order valence-corrected chi connectivity index (χ3v) is 3.99. The molecule has 2 aromatic heterocycles. The SMILES string of the molecule is CC1CCN(C(=O)c2cc(-c3ccco3)[nH]n2)C(C(=O)O)C1. The standard InChI is InChI=1S/C15H17N3O4/c1-9-4-5-18(12(7-9)15(20)21)14(19)11-8-10(16-17-11)13-3-2-6-22-13/h2-3,6,8-9,12H,4-5,7H2,1H3,(H,16,17)(H,20,21). The highest BCUT2D eigenvalue weighted by Gasteiger charge is 2.36. The Morgan fingerprint density at radius 1 is 1.50 bits per heavy atom. The highest BCUT2D eigenvalue weighted by atomic mass is 16.4. The molecule has 1 aliphatic rings. The number of aromatic nitrogens is 2. The number of hydrogen-bond acceptors (Lipinski definition) is 4. The minimum absolute atomic E-state index is 0.201. The van der Waals surface area contributed by atoms with Gasteiger partial charge in [0.25, 0.3) is 5.91 Å². The average Bonchev–Trinajstić information content (AvgIpc) is 3.17. The van der Waals surface area contributed by atoms with E-state index in [-0.39, 0.29) is 11.6 Å². The molecular formula is C15H17N3O4. The molecule has 2 aromatic rings. The summed E-state index contributed by atoms with van der Waals surface area (Å²) in [7, 11) is 0. The van der Waals surface area contributed by atoms with Gasteiger partial charge in [-0.25, -0.2) is 4.79 Å². The normalized spacial score (nSPS) is 21.8. The summed E-state index contributed by atoms with van der Waals surface area (Å²) in [6.45, 7) is 2.43. The first-order valence-electron chi connectivity index (χ1n) is 7.19. The van der Waals surface area contributed by atoms with E-state index < -0.39 is 12.0 Å². The maximum atomic E-state index is 12.6. The predicted molar refractivity (Wildman–Crippen MR) is 77.1 cm³/mol. The van der Waals surface area contributed by atoms with Gasteiger partial charge in [0.05, 0.1) is 6.26 Å². The minimum Gasteiger partial charge on any atom is -0.480 e. The summed E-state index contributed by atoms with van der Waals surface area (Å²) in [6, 6.07) is 4.28. The molecule has 0 aromatic carbocycles. The molecule has 2 unspecified atom stereocenters. The molecule has 0 bridgehead atoms. The molecule has 1 saturated heterocycles. The molecule has 2 N–H and O–H groups in total. The Kier molecular flexibility index (Phi) is 3.70. The molecule has 116 valence electrons. The van der Waals surface area contributed by atoms with Gasteiger partial charge in [0, 0.05) is 12.6 Å². The molecule has 7 nitrogen and oxygen atoms in total. The summed E-state index contributed by atoms with van der Waals surface area (Å²) < 4.78 is 5.24. The zero-order valence-electron chi connectivity index (χ0n) is 12.2. The Labute approximate surface area is 126 Å². The van der Waals surface area contributed by atoms with Crippen molar-refractivity contribution >= 4 is 11.9 Å². The maximum absolute atomic E-state index is 12.6. The number of likely N-dealkylation sites (tertiary alicyclic amines) is 1. The second-order valence-corrected chi connectivity index (χ2v) is 5.63. The van der Waals surface area contributed by atoms with Crippen LogP contribution in [0.3, 0.4) is 0 Å². The summed E-state index contributed by atoms with van der Waals surface area (Å²) in [5.74, 6) is -0.466. The second kappa shape index (κ2) is 5.67. The number of carbonyl (C=O) groups is 2. The summed E-state index contributed by atoms with van der Waals surface area (Å²) in [5, 5.41) is 16.1. The van der Waals surface area contributed by atoms with E-state index in [1.165, 1.54) is 11.2 Å². The fraction of sp³-hybridized carbons (Fsp3) is 0.400. The van der Waals surface area contributed by atoms with Crippen LogP contribution in [0, 0.1) is 5.92 Å². The van der Waals surface area contributed by atoms with E-state index in [1.54, 1.807) is 18.2 Å². The summed E-state index contributed by atoms with van der Waals surface area (Å²) in [5.41, 5.74) is 0.790. The van der Waals surface area contributed by atoms with Gasteiger partial charge in [-0.05, 0) is 30.9 Å². The van der Waals surface area contributed by atoms with Crippen LogP contribution < -0.4 is 0 Å². The Hall–Kier alpha value is -2.57. The number of nitrogens with one attached hydrogen (secondary N) is 1. The van der Waals surface area contributed by atoms with Gasteiger partial charge < -0.3 is 14.4 Å². The first-order chi connectivity index (χ1) is 10.6. The van der Waals surface area contributed by atoms with Crippen molar-refractivity contribution in [3.63, 3.8) is 0 Å². The predicted octanol–water partition coefficient (Wildman–Crippen LogP) is 1.99. The topological polar surface area (TPSA) is 99.4 Å². The Morgan fingerprint density at radius 2 is 2.32 bits per heavy atom.